The topological polar surface area (TPSA) is 71.0 Å². The largest absolute Gasteiger partial charge is 0.417 e. The van der Waals surface area contributed by atoms with Gasteiger partial charge in [0.2, 0.25) is 0 Å². The quantitative estimate of drug-likeness (QED) is 0.544. The van der Waals surface area contributed by atoms with Crippen LogP contribution in [0, 0.1) is 24.1 Å². The Labute approximate surface area is 198 Å². The van der Waals surface area contributed by atoms with Gasteiger partial charge in [0.05, 0.1) is 17.2 Å². The minimum Gasteiger partial charge on any atom is -0.365 e. The normalized spacial score (nSPS) is 26.5. The summed E-state index contributed by atoms with van der Waals surface area (Å²) in [5.41, 5.74) is 0.498. The number of nitrogens with zero attached hydrogens (tertiary/aromatic N) is 4. The molecule has 3 fully saturated rings. The first kappa shape index (κ1) is 21.9. The van der Waals surface area contributed by atoms with Crippen molar-refractivity contribution in [3.63, 3.8) is 0 Å². The summed E-state index contributed by atoms with van der Waals surface area (Å²) in [7, 11) is 0. The van der Waals surface area contributed by atoms with Crippen LogP contribution in [0.3, 0.4) is 0 Å². The van der Waals surface area contributed by atoms with Crippen molar-refractivity contribution in [2.75, 3.05) is 11.9 Å². The molecule has 6 rings (SSSR count). The van der Waals surface area contributed by atoms with Gasteiger partial charge in [-0.25, -0.2) is 9.37 Å². The Bertz CT molecular complexity index is 1330. The maximum absolute atomic E-state index is 14.5. The average molecular weight is 483 g/mol. The van der Waals surface area contributed by atoms with Crippen molar-refractivity contribution in [1.82, 2.24) is 19.9 Å². The number of likely N-dealkylation sites (tertiary alicyclic amines) is 1. The number of hydrogen-bond acceptors (Lipinski definition) is 5. The summed E-state index contributed by atoms with van der Waals surface area (Å²) in [5, 5.41) is 3.22. The van der Waals surface area contributed by atoms with Crippen LogP contribution in [0.4, 0.5) is 23.4 Å². The van der Waals surface area contributed by atoms with Gasteiger partial charge in [-0.2, -0.15) is 13.2 Å². The van der Waals surface area contributed by atoms with Crippen molar-refractivity contribution < 1.29 is 22.4 Å². The molecule has 3 aliphatic rings. The number of halogens is 4. The zero-order chi connectivity index (χ0) is 24.5. The van der Waals surface area contributed by atoms with E-state index >= 15 is 0 Å². The molecule has 0 bridgehead atoms. The van der Waals surface area contributed by atoms with Crippen molar-refractivity contribution in [2.24, 2.45) is 11.3 Å². The second-order valence-corrected chi connectivity index (χ2v) is 9.66. The highest BCUT2D eigenvalue weighted by atomic mass is 19.4. The predicted octanol–water partition coefficient (Wildman–Crippen LogP) is 4.72. The van der Waals surface area contributed by atoms with Crippen LogP contribution < -0.4 is 5.32 Å². The lowest BCUT2D eigenvalue weighted by molar-refractivity contribution is -0.137. The molecule has 3 aromatic heterocycles. The van der Waals surface area contributed by atoms with Gasteiger partial charge in [0.15, 0.2) is 5.82 Å². The third-order valence-corrected chi connectivity index (χ3v) is 7.52. The molecule has 1 saturated heterocycles. The van der Waals surface area contributed by atoms with Gasteiger partial charge in [-0.1, -0.05) is 0 Å². The average Bonchev–Trinajstić information content (AvgIpc) is 3.47. The Balaban J connectivity index is 1.28. The van der Waals surface area contributed by atoms with Crippen LogP contribution in [0.2, 0.25) is 0 Å². The fraction of sp³-hybridized carbons (Fsp3) is 0.360. The van der Waals surface area contributed by atoms with Crippen molar-refractivity contribution in [3.8, 4) is 11.4 Å². The lowest BCUT2D eigenvalue weighted by Gasteiger charge is -2.48. The highest BCUT2D eigenvalue weighted by molar-refractivity contribution is 6.00. The standard InChI is InChI=1S/C25H21F4N5O/c1-13-7-16(20(32-10-13)21-17(26)3-2-6-30-21)23(35)34-12-15-8-24(15)9-18(22(24)34)33-19-5-4-14(11-31-19)25(27,28)29/h2-7,10-11,15,18,22H,8-9,12H2,1H3,(H,31,33). The molecule has 4 heterocycles. The van der Waals surface area contributed by atoms with Crippen molar-refractivity contribution in [2.45, 2.75) is 38.0 Å². The van der Waals surface area contributed by atoms with Gasteiger partial charge in [-0.3, -0.25) is 14.8 Å². The van der Waals surface area contributed by atoms with Gasteiger partial charge in [0.25, 0.3) is 5.91 Å². The number of nitrogens with one attached hydrogen (secondary N) is 1. The fourth-order valence-corrected chi connectivity index (χ4v) is 5.83. The maximum Gasteiger partial charge on any atom is 0.417 e. The number of amides is 1. The molecule has 0 radical (unpaired) electrons. The van der Waals surface area contributed by atoms with Gasteiger partial charge < -0.3 is 10.2 Å². The number of piperidine rings is 1. The highest BCUT2D eigenvalue weighted by Gasteiger charge is 2.75. The molecule has 1 N–H and O–H groups in total. The minimum absolute atomic E-state index is 0.0205. The molecular formula is C25H21F4N5O. The van der Waals surface area contributed by atoms with E-state index in [-0.39, 0.29) is 40.4 Å². The van der Waals surface area contributed by atoms with Crippen molar-refractivity contribution in [3.05, 3.63) is 71.4 Å². The number of aryl methyl sites for hydroxylation is 1. The molecule has 180 valence electrons. The Morgan fingerprint density at radius 1 is 1.11 bits per heavy atom. The second kappa shape index (κ2) is 7.47. The van der Waals surface area contributed by atoms with E-state index in [1.54, 1.807) is 17.2 Å². The SMILES string of the molecule is Cc1cnc(-c2ncccc2F)c(C(=O)N2CC3CC34CC(Nc3ccc(C(F)(F)F)cn3)C24)c1. The molecule has 6 nitrogen and oxygen atoms in total. The number of carbonyl (C=O) groups is 1. The molecule has 2 saturated carbocycles. The zero-order valence-corrected chi connectivity index (χ0v) is 18.7. The molecule has 35 heavy (non-hydrogen) atoms. The Kier molecular flexibility index (Phi) is 4.68. The van der Waals surface area contributed by atoms with E-state index in [1.807, 2.05) is 6.92 Å². The van der Waals surface area contributed by atoms with Crippen LogP contribution in [0.1, 0.15) is 34.3 Å². The summed E-state index contributed by atoms with van der Waals surface area (Å²) in [6, 6.07) is 6.51. The van der Waals surface area contributed by atoms with Crippen molar-refractivity contribution in [1.29, 1.82) is 0 Å². The first-order chi connectivity index (χ1) is 16.7. The summed E-state index contributed by atoms with van der Waals surface area (Å²) in [6.45, 7) is 2.40. The molecule has 4 atom stereocenters. The number of aromatic nitrogens is 3. The van der Waals surface area contributed by atoms with E-state index in [0.29, 0.717) is 18.3 Å². The molecule has 10 heteroatoms. The van der Waals surface area contributed by atoms with Gasteiger partial charge >= 0.3 is 6.18 Å². The van der Waals surface area contributed by atoms with Crippen molar-refractivity contribution >= 4 is 11.7 Å². The van der Waals surface area contributed by atoms with Gasteiger partial charge in [-0.05, 0) is 67.0 Å². The zero-order valence-electron chi connectivity index (χ0n) is 18.7. The molecule has 1 aliphatic heterocycles. The smallest absolute Gasteiger partial charge is 0.365 e. The van der Waals surface area contributed by atoms with Gasteiger partial charge in [0, 0.05) is 31.2 Å². The number of rotatable bonds is 4. The minimum atomic E-state index is -4.45. The molecule has 2 aliphatic carbocycles. The van der Waals surface area contributed by atoms with E-state index in [2.05, 4.69) is 20.3 Å². The molecule has 4 unspecified atom stereocenters. The number of pyridine rings is 3. The third kappa shape index (κ3) is 3.45. The number of carbonyl (C=O) groups excluding carboxylic acids is 1. The van der Waals surface area contributed by atoms with Crippen LogP contribution in [-0.2, 0) is 6.18 Å². The first-order valence-electron chi connectivity index (χ1n) is 11.4. The third-order valence-electron chi connectivity index (χ3n) is 7.52. The fourth-order valence-electron chi connectivity index (χ4n) is 5.83. The second-order valence-electron chi connectivity index (χ2n) is 9.66. The van der Waals surface area contributed by atoms with Crippen LogP contribution in [0.15, 0.2) is 48.9 Å². The lowest BCUT2D eigenvalue weighted by atomic mass is 9.71. The summed E-state index contributed by atoms with van der Waals surface area (Å²) >= 11 is 0. The monoisotopic (exact) mass is 483 g/mol. The summed E-state index contributed by atoms with van der Waals surface area (Å²) in [6.07, 6.45) is 1.23. The predicted molar refractivity (Wildman–Crippen MR) is 119 cm³/mol. The van der Waals surface area contributed by atoms with Crippen LogP contribution in [0.5, 0.6) is 0 Å². The van der Waals surface area contributed by atoms with Crippen LogP contribution >= 0.6 is 0 Å². The van der Waals surface area contributed by atoms with E-state index in [9.17, 15) is 22.4 Å². The summed E-state index contributed by atoms with van der Waals surface area (Å²) in [5.74, 6) is -0.0781. The molecule has 0 aromatic carbocycles. The van der Waals surface area contributed by atoms with E-state index in [1.165, 1.54) is 24.4 Å². The number of alkyl halides is 3. The molecule has 1 amide bonds. The van der Waals surface area contributed by atoms with Crippen LogP contribution in [-0.4, -0.2) is 44.4 Å². The lowest BCUT2D eigenvalue weighted by Crippen LogP contribution is -2.60. The van der Waals surface area contributed by atoms with Gasteiger partial charge in [0.1, 0.15) is 17.2 Å². The Morgan fingerprint density at radius 2 is 1.94 bits per heavy atom. The van der Waals surface area contributed by atoms with Crippen LogP contribution in [0.25, 0.3) is 11.4 Å². The highest BCUT2D eigenvalue weighted by Crippen LogP contribution is 2.71. The van der Waals surface area contributed by atoms with E-state index in [4.69, 9.17) is 0 Å². The molecule has 3 aromatic rings. The van der Waals surface area contributed by atoms with E-state index < -0.39 is 17.6 Å². The molecule has 1 spiro atoms. The summed E-state index contributed by atoms with van der Waals surface area (Å²) in [4.78, 5) is 28.0. The Morgan fingerprint density at radius 3 is 2.66 bits per heavy atom. The number of hydrogen-bond donors (Lipinski definition) is 1. The molecular weight excluding hydrogens is 462 g/mol. The maximum atomic E-state index is 14.5. The van der Waals surface area contributed by atoms with E-state index in [0.717, 1.165) is 30.7 Å². The first-order valence-corrected chi connectivity index (χ1v) is 11.4. The Hall–Kier alpha value is -3.56. The summed E-state index contributed by atoms with van der Waals surface area (Å²) < 4.78 is 53.1. The van der Waals surface area contributed by atoms with Gasteiger partial charge in [-0.15, -0.1) is 0 Å². The number of anilines is 1.